The highest BCUT2D eigenvalue weighted by Gasteiger charge is 2.24. The lowest BCUT2D eigenvalue weighted by atomic mass is 10.3. The molecule has 1 aromatic rings. The van der Waals surface area contributed by atoms with Gasteiger partial charge in [-0.05, 0) is 32.4 Å². The SMILES string of the molecule is CCOC(=O)c1ccc(S(=O)(=O)C(C)CCCl)nc1. The third kappa shape index (κ3) is 3.91. The van der Waals surface area contributed by atoms with Gasteiger partial charge in [0.15, 0.2) is 14.9 Å². The molecule has 0 radical (unpaired) electrons. The number of ether oxygens (including phenoxy) is 1. The highest BCUT2D eigenvalue weighted by Crippen LogP contribution is 2.17. The van der Waals surface area contributed by atoms with Gasteiger partial charge in [-0.25, -0.2) is 18.2 Å². The van der Waals surface area contributed by atoms with Crippen LogP contribution in [0.25, 0.3) is 0 Å². The first kappa shape index (κ1) is 15.9. The Morgan fingerprint density at radius 3 is 2.63 bits per heavy atom. The molecule has 1 unspecified atom stereocenters. The van der Waals surface area contributed by atoms with Gasteiger partial charge in [-0.3, -0.25) is 0 Å². The highest BCUT2D eigenvalue weighted by molar-refractivity contribution is 7.92. The maximum absolute atomic E-state index is 12.1. The average Bonchev–Trinajstić information content (AvgIpc) is 2.39. The van der Waals surface area contributed by atoms with Gasteiger partial charge in [-0.15, -0.1) is 11.6 Å². The van der Waals surface area contributed by atoms with Crippen molar-refractivity contribution in [3.8, 4) is 0 Å². The Kier molecular flexibility index (Phi) is 5.75. The topological polar surface area (TPSA) is 73.3 Å². The number of nitrogens with zero attached hydrogens (tertiary/aromatic N) is 1. The van der Waals surface area contributed by atoms with E-state index in [4.69, 9.17) is 16.3 Å². The number of sulfone groups is 1. The standard InChI is InChI=1S/C12H16ClNO4S/c1-3-18-12(15)10-4-5-11(14-8-10)19(16,17)9(2)6-7-13/h4-5,8-9H,3,6-7H2,1-2H3. The first-order valence-corrected chi connectivity index (χ1v) is 7.94. The van der Waals surface area contributed by atoms with E-state index in [1.165, 1.54) is 18.3 Å². The second-order valence-corrected chi connectivity index (χ2v) is 6.63. The molecule has 0 aliphatic carbocycles. The van der Waals surface area contributed by atoms with Gasteiger partial charge < -0.3 is 4.74 Å². The summed E-state index contributed by atoms with van der Waals surface area (Å²) in [6, 6.07) is 2.71. The number of halogens is 1. The first-order valence-electron chi connectivity index (χ1n) is 5.86. The fourth-order valence-electron chi connectivity index (χ4n) is 1.40. The van der Waals surface area contributed by atoms with E-state index in [0.717, 1.165) is 0 Å². The second kappa shape index (κ2) is 6.86. The fraction of sp³-hybridized carbons (Fsp3) is 0.500. The van der Waals surface area contributed by atoms with Gasteiger partial charge in [-0.1, -0.05) is 0 Å². The molecule has 7 heteroatoms. The van der Waals surface area contributed by atoms with E-state index in [0.29, 0.717) is 6.42 Å². The number of esters is 1. The van der Waals surface area contributed by atoms with Gasteiger partial charge >= 0.3 is 5.97 Å². The van der Waals surface area contributed by atoms with E-state index in [-0.39, 0.29) is 23.1 Å². The maximum Gasteiger partial charge on any atom is 0.339 e. The number of pyridine rings is 1. The molecule has 0 aliphatic heterocycles. The molecule has 0 bridgehead atoms. The van der Waals surface area contributed by atoms with Crippen LogP contribution in [0.15, 0.2) is 23.4 Å². The fourth-order valence-corrected chi connectivity index (χ4v) is 3.15. The van der Waals surface area contributed by atoms with Gasteiger partial charge in [0.25, 0.3) is 0 Å². The lowest BCUT2D eigenvalue weighted by Gasteiger charge is -2.10. The normalized spacial score (nSPS) is 13.0. The Hall–Kier alpha value is -1.14. The molecule has 1 aromatic heterocycles. The molecule has 0 saturated carbocycles. The molecule has 0 aromatic carbocycles. The number of rotatable bonds is 6. The van der Waals surface area contributed by atoms with E-state index in [9.17, 15) is 13.2 Å². The van der Waals surface area contributed by atoms with Crippen LogP contribution in [0, 0.1) is 0 Å². The van der Waals surface area contributed by atoms with Crippen LogP contribution in [-0.2, 0) is 14.6 Å². The quantitative estimate of drug-likeness (QED) is 0.594. The van der Waals surface area contributed by atoms with E-state index in [1.54, 1.807) is 13.8 Å². The minimum Gasteiger partial charge on any atom is -0.462 e. The molecule has 106 valence electrons. The third-order valence-corrected chi connectivity index (χ3v) is 4.92. The smallest absolute Gasteiger partial charge is 0.339 e. The van der Waals surface area contributed by atoms with Crippen LogP contribution >= 0.6 is 11.6 Å². The summed E-state index contributed by atoms with van der Waals surface area (Å²) in [5, 5.41) is -0.663. The van der Waals surface area contributed by atoms with Crippen molar-refractivity contribution in [2.75, 3.05) is 12.5 Å². The molecule has 5 nitrogen and oxygen atoms in total. The molecule has 19 heavy (non-hydrogen) atoms. The molecular weight excluding hydrogens is 290 g/mol. The van der Waals surface area contributed by atoms with E-state index >= 15 is 0 Å². The maximum atomic E-state index is 12.1. The van der Waals surface area contributed by atoms with E-state index < -0.39 is 21.1 Å². The summed E-state index contributed by atoms with van der Waals surface area (Å²) in [5.74, 6) is -0.255. The highest BCUT2D eigenvalue weighted by atomic mass is 35.5. The lowest BCUT2D eigenvalue weighted by Crippen LogP contribution is -2.20. The number of hydrogen-bond donors (Lipinski definition) is 0. The summed E-state index contributed by atoms with van der Waals surface area (Å²) in [6.07, 6.45) is 1.56. The van der Waals surface area contributed by atoms with Crippen molar-refractivity contribution in [1.82, 2.24) is 4.98 Å². The molecule has 1 rings (SSSR count). The molecule has 0 fully saturated rings. The van der Waals surface area contributed by atoms with Crippen LogP contribution in [0.4, 0.5) is 0 Å². The second-order valence-electron chi connectivity index (χ2n) is 3.94. The number of aromatic nitrogens is 1. The third-order valence-electron chi connectivity index (χ3n) is 2.58. The Morgan fingerprint density at radius 2 is 2.16 bits per heavy atom. The summed E-state index contributed by atoms with van der Waals surface area (Å²) in [5.41, 5.74) is 0.228. The van der Waals surface area contributed by atoms with Crippen LogP contribution in [-0.4, -0.2) is 37.1 Å². The Balaban J connectivity index is 2.95. The van der Waals surface area contributed by atoms with Gasteiger partial charge in [-0.2, -0.15) is 0 Å². The van der Waals surface area contributed by atoms with Crippen LogP contribution in [0.3, 0.4) is 0 Å². The van der Waals surface area contributed by atoms with Crippen LogP contribution < -0.4 is 0 Å². The number of hydrogen-bond acceptors (Lipinski definition) is 5. The Morgan fingerprint density at radius 1 is 1.47 bits per heavy atom. The average molecular weight is 306 g/mol. The van der Waals surface area contributed by atoms with Gasteiger partial charge in [0, 0.05) is 12.1 Å². The summed E-state index contributed by atoms with van der Waals surface area (Å²) < 4.78 is 29.0. The van der Waals surface area contributed by atoms with Crippen molar-refractivity contribution >= 4 is 27.4 Å². The van der Waals surface area contributed by atoms with Crippen LogP contribution in [0.2, 0.25) is 0 Å². The minimum atomic E-state index is -3.50. The Labute approximate surface area is 117 Å². The lowest BCUT2D eigenvalue weighted by molar-refractivity contribution is 0.0525. The largest absolute Gasteiger partial charge is 0.462 e. The van der Waals surface area contributed by atoms with Crippen molar-refractivity contribution in [3.05, 3.63) is 23.9 Å². The van der Waals surface area contributed by atoms with Gasteiger partial charge in [0.05, 0.1) is 17.4 Å². The summed E-state index contributed by atoms with van der Waals surface area (Å²) >= 11 is 5.55. The molecular formula is C12H16ClNO4S. The summed E-state index contributed by atoms with van der Waals surface area (Å²) in [7, 11) is -3.50. The molecule has 0 aliphatic rings. The molecule has 1 atom stereocenters. The van der Waals surface area contributed by atoms with Crippen molar-refractivity contribution in [2.24, 2.45) is 0 Å². The number of carbonyl (C=O) groups excluding carboxylic acids is 1. The summed E-state index contributed by atoms with van der Waals surface area (Å²) in [4.78, 5) is 15.2. The first-order chi connectivity index (χ1) is 8.93. The molecule has 0 N–H and O–H groups in total. The zero-order valence-corrected chi connectivity index (χ0v) is 12.4. The van der Waals surface area contributed by atoms with Crippen molar-refractivity contribution in [2.45, 2.75) is 30.5 Å². The predicted octanol–water partition coefficient (Wildman–Crippen LogP) is 2.05. The number of alkyl halides is 1. The Bertz CT molecular complexity index is 527. The predicted molar refractivity (Wildman–Crippen MR) is 72.2 cm³/mol. The van der Waals surface area contributed by atoms with E-state index in [1.807, 2.05) is 0 Å². The van der Waals surface area contributed by atoms with Gasteiger partial charge in [0.1, 0.15) is 0 Å². The van der Waals surface area contributed by atoms with Crippen LogP contribution in [0.1, 0.15) is 30.6 Å². The molecule has 0 amide bonds. The minimum absolute atomic E-state index is 0.0573. The van der Waals surface area contributed by atoms with Crippen LogP contribution in [0.5, 0.6) is 0 Å². The summed E-state index contributed by atoms with van der Waals surface area (Å²) in [6.45, 7) is 3.53. The van der Waals surface area contributed by atoms with E-state index in [2.05, 4.69) is 4.98 Å². The monoisotopic (exact) mass is 305 g/mol. The van der Waals surface area contributed by atoms with Crippen molar-refractivity contribution in [1.29, 1.82) is 0 Å². The zero-order chi connectivity index (χ0) is 14.5. The number of carbonyl (C=O) groups is 1. The molecule has 0 spiro atoms. The van der Waals surface area contributed by atoms with Crippen molar-refractivity contribution < 1.29 is 17.9 Å². The molecule has 1 heterocycles. The molecule has 0 saturated heterocycles. The van der Waals surface area contributed by atoms with Crippen molar-refractivity contribution in [3.63, 3.8) is 0 Å². The van der Waals surface area contributed by atoms with Gasteiger partial charge in [0.2, 0.25) is 0 Å². The zero-order valence-electron chi connectivity index (χ0n) is 10.8.